The highest BCUT2D eigenvalue weighted by atomic mass is 19.4. The van der Waals surface area contributed by atoms with Gasteiger partial charge in [-0.25, -0.2) is 0 Å². The molecular formula is C22H18F9NO2. The van der Waals surface area contributed by atoms with Crippen LogP contribution < -0.4 is 0 Å². The molecular weight excluding hydrogens is 481 g/mol. The predicted molar refractivity (Wildman–Crippen MR) is 101 cm³/mol. The Morgan fingerprint density at radius 3 is 1.91 bits per heavy atom. The molecule has 0 radical (unpaired) electrons. The average Bonchev–Trinajstić information content (AvgIpc) is 3.07. The lowest BCUT2D eigenvalue weighted by atomic mass is 9.96. The van der Waals surface area contributed by atoms with Crippen LogP contribution >= 0.6 is 0 Å². The number of halogens is 9. The van der Waals surface area contributed by atoms with Gasteiger partial charge in [0.05, 0.1) is 16.7 Å². The van der Waals surface area contributed by atoms with Crippen LogP contribution in [0.4, 0.5) is 39.5 Å². The molecule has 1 fully saturated rings. The van der Waals surface area contributed by atoms with E-state index in [2.05, 4.69) is 0 Å². The second kappa shape index (κ2) is 9.12. The van der Waals surface area contributed by atoms with Crippen LogP contribution in [-0.2, 0) is 29.9 Å². The fraction of sp³-hybridized carbons (Fsp3) is 0.409. The topological polar surface area (TPSA) is 40.5 Å². The summed E-state index contributed by atoms with van der Waals surface area (Å²) in [5.41, 5.74) is -3.85. The number of nitrogens with zero attached hydrogens (tertiary/aromatic N) is 1. The monoisotopic (exact) mass is 499 g/mol. The number of carboxylic acid groups (broad SMARTS) is 1. The smallest absolute Gasteiger partial charge is 0.416 e. The molecule has 0 aromatic heterocycles. The lowest BCUT2D eigenvalue weighted by Gasteiger charge is -2.27. The van der Waals surface area contributed by atoms with Gasteiger partial charge in [0.25, 0.3) is 0 Å². The Hall–Kier alpha value is -2.76. The molecule has 2 atom stereocenters. The Morgan fingerprint density at radius 2 is 1.41 bits per heavy atom. The van der Waals surface area contributed by atoms with Gasteiger partial charge in [-0.2, -0.15) is 39.5 Å². The van der Waals surface area contributed by atoms with Gasteiger partial charge in [-0.3, -0.25) is 9.69 Å². The van der Waals surface area contributed by atoms with Crippen LogP contribution in [0.25, 0.3) is 0 Å². The van der Waals surface area contributed by atoms with Gasteiger partial charge in [0, 0.05) is 25.6 Å². The molecule has 1 N–H and O–H groups in total. The van der Waals surface area contributed by atoms with Crippen LogP contribution in [-0.4, -0.2) is 22.5 Å². The molecule has 186 valence electrons. The molecule has 2 aromatic rings. The van der Waals surface area contributed by atoms with Crippen molar-refractivity contribution in [1.82, 2.24) is 4.90 Å². The third-order valence-corrected chi connectivity index (χ3v) is 5.69. The van der Waals surface area contributed by atoms with E-state index in [1.54, 1.807) is 0 Å². The molecule has 0 spiro atoms. The summed E-state index contributed by atoms with van der Waals surface area (Å²) in [6.07, 6.45) is -14.7. The maximum atomic E-state index is 13.5. The van der Waals surface area contributed by atoms with E-state index in [1.165, 1.54) is 4.90 Å². The summed E-state index contributed by atoms with van der Waals surface area (Å²) in [7, 11) is 0. The summed E-state index contributed by atoms with van der Waals surface area (Å²) < 4.78 is 119. The summed E-state index contributed by atoms with van der Waals surface area (Å²) >= 11 is 0. The van der Waals surface area contributed by atoms with Crippen molar-refractivity contribution >= 4 is 5.97 Å². The van der Waals surface area contributed by atoms with Crippen molar-refractivity contribution in [3.63, 3.8) is 0 Å². The molecule has 1 aliphatic rings. The molecule has 1 heterocycles. The zero-order valence-electron chi connectivity index (χ0n) is 17.2. The number of rotatable bonds is 5. The zero-order chi connectivity index (χ0) is 25.5. The third-order valence-electron chi connectivity index (χ3n) is 5.69. The van der Waals surface area contributed by atoms with Crippen LogP contribution in [0.15, 0.2) is 42.5 Å². The summed E-state index contributed by atoms with van der Waals surface area (Å²) in [6, 6.07) is 4.17. The number of carboxylic acids is 1. The van der Waals surface area contributed by atoms with Crippen molar-refractivity contribution in [2.75, 3.05) is 6.54 Å². The maximum Gasteiger partial charge on any atom is 0.416 e. The predicted octanol–water partition coefficient (Wildman–Crippen LogP) is 6.78. The van der Waals surface area contributed by atoms with E-state index in [4.69, 9.17) is 5.11 Å². The van der Waals surface area contributed by atoms with Gasteiger partial charge in [0.15, 0.2) is 0 Å². The first-order valence-electron chi connectivity index (χ1n) is 9.96. The molecule has 3 nitrogen and oxygen atoms in total. The van der Waals surface area contributed by atoms with E-state index in [0.717, 1.165) is 24.3 Å². The molecule has 0 unspecified atom stereocenters. The SMILES string of the molecule is O=C(O)C[C@@H]1C[C@H](c2ccc(C(F)(F)F)cc2)N(Cc2cc(C(F)(F)F)ccc2C(F)(F)F)C1. The Kier molecular flexibility index (Phi) is 6.94. The standard InChI is InChI=1S/C22H18F9NO2/c23-20(24,25)15-3-1-13(2-4-15)18-7-12(8-19(33)34)10-32(18)11-14-9-16(21(26,27)28)5-6-17(14)22(29,30)31/h1-6,9,12,18H,7-8,10-11H2,(H,33,34)/t12-,18+/m0/s1. The molecule has 2 aromatic carbocycles. The molecule has 12 heteroatoms. The summed E-state index contributed by atoms with van der Waals surface area (Å²) in [6.45, 7) is -0.647. The number of alkyl halides is 9. The number of carbonyl (C=O) groups is 1. The minimum absolute atomic E-state index is 0.0501. The summed E-state index contributed by atoms with van der Waals surface area (Å²) in [5, 5.41) is 9.09. The first-order valence-corrected chi connectivity index (χ1v) is 9.96. The van der Waals surface area contributed by atoms with E-state index >= 15 is 0 Å². The summed E-state index contributed by atoms with van der Waals surface area (Å²) in [5.74, 6) is -1.72. The van der Waals surface area contributed by atoms with Crippen LogP contribution in [0, 0.1) is 5.92 Å². The van der Waals surface area contributed by atoms with E-state index in [1.807, 2.05) is 0 Å². The fourth-order valence-corrected chi connectivity index (χ4v) is 4.21. The van der Waals surface area contributed by atoms with Crippen molar-refractivity contribution in [1.29, 1.82) is 0 Å². The molecule has 0 aliphatic carbocycles. The molecule has 3 rings (SSSR count). The Balaban J connectivity index is 1.99. The van der Waals surface area contributed by atoms with Crippen molar-refractivity contribution in [3.8, 4) is 0 Å². The van der Waals surface area contributed by atoms with Crippen molar-refractivity contribution in [3.05, 3.63) is 70.3 Å². The number of likely N-dealkylation sites (tertiary alicyclic amines) is 1. The number of hydrogen-bond acceptors (Lipinski definition) is 2. The van der Waals surface area contributed by atoms with E-state index in [9.17, 15) is 44.3 Å². The van der Waals surface area contributed by atoms with Gasteiger partial charge < -0.3 is 5.11 Å². The Morgan fingerprint density at radius 1 is 0.853 bits per heavy atom. The summed E-state index contributed by atoms with van der Waals surface area (Å²) in [4.78, 5) is 12.5. The Labute approximate surface area is 187 Å². The first-order chi connectivity index (χ1) is 15.6. The average molecular weight is 499 g/mol. The third kappa shape index (κ3) is 6.02. The van der Waals surface area contributed by atoms with Gasteiger partial charge in [-0.15, -0.1) is 0 Å². The maximum absolute atomic E-state index is 13.5. The fourth-order valence-electron chi connectivity index (χ4n) is 4.21. The van der Waals surface area contributed by atoms with Crippen LogP contribution in [0.3, 0.4) is 0 Å². The highest BCUT2D eigenvalue weighted by Crippen LogP contribution is 2.42. The molecule has 34 heavy (non-hydrogen) atoms. The van der Waals surface area contributed by atoms with Gasteiger partial charge in [-0.1, -0.05) is 12.1 Å². The van der Waals surface area contributed by atoms with Gasteiger partial charge in [-0.05, 0) is 53.8 Å². The van der Waals surface area contributed by atoms with E-state index in [0.29, 0.717) is 23.8 Å². The van der Waals surface area contributed by atoms with Crippen molar-refractivity contribution in [2.45, 2.75) is 44.0 Å². The highest BCUT2D eigenvalue weighted by Gasteiger charge is 2.40. The lowest BCUT2D eigenvalue weighted by molar-refractivity contribution is -0.142. The van der Waals surface area contributed by atoms with Crippen LogP contribution in [0.2, 0.25) is 0 Å². The van der Waals surface area contributed by atoms with E-state index < -0.39 is 65.3 Å². The largest absolute Gasteiger partial charge is 0.481 e. The molecule has 1 saturated heterocycles. The lowest BCUT2D eigenvalue weighted by Crippen LogP contribution is -2.26. The highest BCUT2D eigenvalue weighted by molar-refractivity contribution is 5.67. The molecule has 0 saturated carbocycles. The Bertz CT molecular complexity index is 1030. The quantitative estimate of drug-likeness (QED) is 0.461. The van der Waals surface area contributed by atoms with E-state index in [-0.39, 0.29) is 19.4 Å². The molecule has 1 aliphatic heterocycles. The molecule has 0 bridgehead atoms. The number of aliphatic carboxylic acids is 1. The first kappa shape index (κ1) is 25.9. The number of hydrogen-bond donors (Lipinski definition) is 1. The minimum atomic E-state index is -4.94. The molecule has 0 amide bonds. The van der Waals surface area contributed by atoms with Crippen molar-refractivity contribution < 1.29 is 49.4 Å². The second-order valence-electron chi connectivity index (χ2n) is 8.13. The minimum Gasteiger partial charge on any atom is -0.481 e. The van der Waals surface area contributed by atoms with Crippen LogP contribution in [0.1, 0.15) is 46.7 Å². The normalized spacial score (nSPS) is 20.0. The van der Waals surface area contributed by atoms with Gasteiger partial charge in [0.2, 0.25) is 0 Å². The zero-order valence-corrected chi connectivity index (χ0v) is 17.2. The number of benzene rings is 2. The van der Waals surface area contributed by atoms with Gasteiger partial charge in [0.1, 0.15) is 0 Å². The van der Waals surface area contributed by atoms with Crippen molar-refractivity contribution in [2.24, 2.45) is 5.92 Å². The van der Waals surface area contributed by atoms with Gasteiger partial charge >= 0.3 is 24.5 Å². The van der Waals surface area contributed by atoms with Crippen LogP contribution in [0.5, 0.6) is 0 Å². The second-order valence-corrected chi connectivity index (χ2v) is 8.13.